The molecule has 1 aromatic carbocycles. The highest BCUT2D eigenvalue weighted by Crippen LogP contribution is 2.43. The van der Waals surface area contributed by atoms with Gasteiger partial charge >= 0.3 is 5.97 Å². The van der Waals surface area contributed by atoms with Crippen molar-refractivity contribution in [3.05, 3.63) is 37.1 Å². The van der Waals surface area contributed by atoms with Crippen LogP contribution in [0.3, 0.4) is 0 Å². The van der Waals surface area contributed by atoms with Gasteiger partial charge in [-0.3, -0.25) is 4.79 Å². The Balaban J connectivity index is 0.000000133. The Morgan fingerprint density at radius 3 is 2.23 bits per heavy atom. The molecule has 68 valence electrons. The van der Waals surface area contributed by atoms with Crippen LogP contribution in [-0.4, -0.2) is 5.97 Å². The second-order valence-electron chi connectivity index (χ2n) is 2.32. The second kappa shape index (κ2) is 4.30. The van der Waals surface area contributed by atoms with E-state index in [0.29, 0.717) is 0 Å². The third-order valence-electron chi connectivity index (χ3n) is 1.28. The molecule has 0 radical (unpaired) electrons. The zero-order chi connectivity index (χ0) is 9.68. The van der Waals surface area contributed by atoms with E-state index in [-0.39, 0.29) is 5.97 Å². The maximum atomic E-state index is 9.75. The largest absolute Gasteiger partial charge is 0.450 e. The van der Waals surface area contributed by atoms with Crippen LogP contribution in [0.4, 0.5) is 0 Å². The molecule has 1 aliphatic heterocycles. The second-order valence-corrected chi connectivity index (χ2v) is 2.32. The highest BCUT2D eigenvalue weighted by atomic mass is 16.6. The van der Waals surface area contributed by atoms with Crippen molar-refractivity contribution < 1.29 is 14.3 Å². The molecule has 1 aromatic rings. The van der Waals surface area contributed by atoms with Gasteiger partial charge in [0.2, 0.25) is 0 Å². The van der Waals surface area contributed by atoms with Gasteiger partial charge in [0.15, 0.2) is 11.5 Å². The van der Waals surface area contributed by atoms with Gasteiger partial charge in [0.05, 0.1) is 6.26 Å². The van der Waals surface area contributed by atoms with Gasteiger partial charge < -0.3 is 9.47 Å². The van der Waals surface area contributed by atoms with Crippen LogP contribution >= 0.6 is 0 Å². The van der Waals surface area contributed by atoms with Crippen molar-refractivity contribution in [3.8, 4) is 11.5 Å². The minimum Gasteiger partial charge on any atom is -0.450 e. The molecule has 3 nitrogen and oxygen atoms in total. The number of hydrogen-bond acceptors (Lipinski definition) is 3. The predicted molar refractivity (Wildman–Crippen MR) is 48.5 cm³/mol. The Kier molecular flexibility index (Phi) is 3.09. The molecular formula is C10H10O3. The van der Waals surface area contributed by atoms with E-state index in [2.05, 4.69) is 11.3 Å². The summed E-state index contributed by atoms with van der Waals surface area (Å²) < 4.78 is 9.10. The molecule has 0 saturated carbocycles. The third kappa shape index (κ3) is 3.42. The molecule has 2 rings (SSSR count). The quantitative estimate of drug-likeness (QED) is 0.382. The number of ether oxygens (including phenoxy) is 2. The number of benzene rings is 1. The average Bonchev–Trinajstić information content (AvgIpc) is 2.82. The summed E-state index contributed by atoms with van der Waals surface area (Å²) in [5.74, 6) is 1.73. The lowest BCUT2D eigenvalue weighted by molar-refractivity contribution is -0.135. The van der Waals surface area contributed by atoms with Crippen LogP contribution in [0.5, 0.6) is 11.5 Å². The molecule has 0 unspecified atom stereocenters. The van der Waals surface area contributed by atoms with E-state index in [0.717, 1.165) is 17.8 Å². The molecule has 0 aromatic heterocycles. The van der Waals surface area contributed by atoms with Crippen molar-refractivity contribution in [2.75, 3.05) is 0 Å². The fraction of sp³-hybridized carbons (Fsp3) is 0.100. The summed E-state index contributed by atoms with van der Waals surface area (Å²) >= 11 is 0. The van der Waals surface area contributed by atoms with Crippen molar-refractivity contribution in [2.24, 2.45) is 0 Å². The monoisotopic (exact) mass is 178 g/mol. The van der Waals surface area contributed by atoms with Gasteiger partial charge in [-0.15, -0.1) is 0 Å². The number of carbonyl (C=O) groups excluding carboxylic acids is 1. The summed E-state index contributed by atoms with van der Waals surface area (Å²) in [6.45, 7) is 4.48. The van der Waals surface area contributed by atoms with Gasteiger partial charge in [-0.05, 0) is 12.1 Å². The molecule has 13 heavy (non-hydrogen) atoms. The van der Waals surface area contributed by atoms with Crippen molar-refractivity contribution in [3.63, 3.8) is 0 Å². The predicted octanol–water partition coefficient (Wildman–Crippen LogP) is 2.49. The van der Waals surface area contributed by atoms with Crippen LogP contribution in [-0.2, 0) is 9.53 Å². The summed E-state index contributed by atoms with van der Waals surface area (Å²) in [6, 6.07) is 7.84. The molecular weight excluding hydrogens is 168 g/mol. The molecule has 0 aliphatic carbocycles. The lowest BCUT2D eigenvalue weighted by atomic mass is 10.4. The van der Waals surface area contributed by atoms with Crippen molar-refractivity contribution in [2.45, 2.75) is 6.92 Å². The lowest BCUT2D eigenvalue weighted by Gasteiger charge is -1.83. The Bertz CT molecular complexity index is 297. The zero-order valence-electron chi connectivity index (χ0n) is 7.32. The molecule has 0 saturated heterocycles. The minimum absolute atomic E-state index is 0.329. The summed E-state index contributed by atoms with van der Waals surface area (Å²) in [7, 11) is 0. The van der Waals surface area contributed by atoms with Crippen LogP contribution in [0, 0.1) is 0 Å². The smallest absolute Gasteiger partial charge is 0.307 e. The fourth-order valence-corrected chi connectivity index (χ4v) is 0.729. The van der Waals surface area contributed by atoms with E-state index >= 15 is 0 Å². The van der Waals surface area contributed by atoms with E-state index in [9.17, 15) is 4.79 Å². The molecule has 0 fully saturated rings. The number of fused-ring (bicyclic) bond motifs is 1. The SMILES string of the molecule is C=COC(C)=O.c1ccc2c(c1)O2. The van der Waals surface area contributed by atoms with Gasteiger partial charge in [-0.2, -0.15) is 0 Å². The topological polar surface area (TPSA) is 38.8 Å². The van der Waals surface area contributed by atoms with Gasteiger partial charge in [0, 0.05) is 6.92 Å². The van der Waals surface area contributed by atoms with Crippen molar-refractivity contribution >= 4 is 5.97 Å². The van der Waals surface area contributed by atoms with Crippen LogP contribution < -0.4 is 4.74 Å². The normalized spacial score (nSPS) is 9.62. The first-order valence-corrected chi connectivity index (χ1v) is 3.79. The first kappa shape index (κ1) is 9.32. The molecule has 0 N–H and O–H groups in total. The van der Waals surface area contributed by atoms with E-state index in [1.54, 1.807) is 0 Å². The minimum atomic E-state index is -0.329. The highest BCUT2D eigenvalue weighted by molar-refractivity contribution is 5.66. The van der Waals surface area contributed by atoms with Crippen LogP contribution in [0.2, 0.25) is 0 Å². The Morgan fingerprint density at radius 2 is 2.00 bits per heavy atom. The number of hydrogen-bond donors (Lipinski definition) is 0. The molecule has 3 heteroatoms. The molecule has 1 aliphatic rings. The average molecular weight is 178 g/mol. The van der Waals surface area contributed by atoms with Gasteiger partial charge in [0.1, 0.15) is 0 Å². The summed E-state index contributed by atoms with van der Waals surface area (Å²) in [4.78, 5) is 9.75. The summed E-state index contributed by atoms with van der Waals surface area (Å²) in [5, 5.41) is 0. The molecule has 0 amide bonds. The van der Waals surface area contributed by atoms with Gasteiger partial charge in [-0.1, -0.05) is 18.7 Å². The van der Waals surface area contributed by atoms with Crippen molar-refractivity contribution in [1.82, 2.24) is 0 Å². The zero-order valence-corrected chi connectivity index (χ0v) is 7.32. The van der Waals surface area contributed by atoms with E-state index in [4.69, 9.17) is 4.74 Å². The first-order chi connectivity index (χ1) is 6.24. The van der Waals surface area contributed by atoms with E-state index < -0.39 is 0 Å². The Morgan fingerprint density at radius 1 is 1.46 bits per heavy atom. The Labute approximate surface area is 76.6 Å². The third-order valence-corrected chi connectivity index (χ3v) is 1.28. The Hall–Kier alpha value is -1.77. The first-order valence-electron chi connectivity index (χ1n) is 3.79. The molecule has 0 bridgehead atoms. The van der Waals surface area contributed by atoms with Gasteiger partial charge in [-0.25, -0.2) is 0 Å². The fourth-order valence-electron chi connectivity index (χ4n) is 0.729. The van der Waals surface area contributed by atoms with Crippen LogP contribution in [0.15, 0.2) is 37.1 Å². The van der Waals surface area contributed by atoms with Crippen LogP contribution in [0.1, 0.15) is 6.92 Å². The number of carbonyl (C=O) groups is 1. The number of para-hydroxylation sites is 2. The summed E-state index contributed by atoms with van der Waals surface area (Å²) in [5.41, 5.74) is 0. The maximum absolute atomic E-state index is 9.75. The number of esters is 1. The van der Waals surface area contributed by atoms with E-state index in [1.165, 1.54) is 6.92 Å². The van der Waals surface area contributed by atoms with Crippen LogP contribution in [0.25, 0.3) is 0 Å². The highest BCUT2D eigenvalue weighted by Gasteiger charge is 2.15. The molecule has 0 atom stereocenters. The standard InChI is InChI=1S/C6H4O.C4H6O2/c1-2-4-6-5(3-1)7-6;1-3-6-4(2)5/h1-4H;3H,1H2,2H3. The van der Waals surface area contributed by atoms with Gasteiger partial charge in [0.25, 0.3) is 0 Å². The number of rotatable bonds is 1. The molecule has 1 heterocycles. The van der Waals surface area contributed by atoms with Crippen molar-refractivity contribution in [1.29, 1.82) is 0 Å². The van der Waals surface area contributed by atoms with E-state index in [1.807, 2.05) is 24.3 Å². The maximum Gasteiger partial charge on any atom is 0.307 e. The molecule has 0 spiro atoms. The lowest BCUT2D eigenvalue weighted by Crippen LogP contribution is -1.87. The summed E-state index contributed by atoms with van der Waals surface area (Å²) in [6.07, 6.45) is 1.10.